The number of nitrogens with one attached hydrogen (secondary N) is 2. The van der Waals surface area contributed by atoms with E-state index in [1.807, 2.05) is 24.4 Å². The average molecular weight is 373 g/mol. The summed E-state index contributed by atoms with van der Waals surface area (Å²) in [5.41, 5.74) is 2.97. The normalized spacial score (nSPS) is 13.7. The third-order valence-corrected chi connectivity index (χ3v) is 4.67. The summed E-state index contributed by atoms with van der Waals surface area (Å²) in [4.78, 5) is 14.2. The molecule has 26 heavy (non-hydrogen) atoms. The van der Waals surface area contributed by atoms with Crippen molar-refractivity contribution in [1.29, 1.82) is 0 Å². The summed E-state index contributed by atoms with van der Waals surface area (Å²) < 4.78 is 0. The fraction of sp³-hybridized carbons (Fsp3) is 0.250. The van der Waals surface area contributed by atoms with Crippen molar-refractivity contribution in [3.8, 4) is 0 Å². The van der Waals surface area contributed by atoms with E-state index in [0.717, 1.165) is 28.5 Å². The summed E-state index contributed by atoms with van der Waals surface area (Å²) in [5.74, 6) is -0.937. The van der Waals surface area contributed by atoms with Crippen LogP contribution in [0.3, 0.4) is 0 Å². The molecule has 2 atom stereocenters. The number of carbonyl (C=O) groups is 1. The predicted octanol–water partition coefficient (Wildman–Crippen LogP) is 3.77. The fourth-order valence-electron chi connectivity index (χ4n) is 3.03. The molecular weight excluding hydrogens is 352 g/mol. The fourth-order valence-corrected chi connectivity index (χ4v) is 3.23. The first-order chi connectivity index (χ1) is 12.4. The Kier molecular flexibility index (Phi) is 5.61. The van der Waals surface area contributed by atoms with Gasteiger partial charge in [0.1, 0.15) is 0 Å². The first-order valence-corrected chi connectivity index (χ1v) is 8.82. The minimum Gasteiger partial charge on any atom is -0.478 e. The molecule has 0 aliphatic rings. The minimum atomic E-state index is -0.937. The predicted molar refractivity (Wildman–Crippen MR) is 103 cm³/mol. The number of benzene rings is 2. The summed E-state index contributed by atoms with van der Waals surface area (Å²) in [6, 6.07) is 12.4. The number of carboxylic acids is 1. The second kappa shape index (κ2) is 7.91. The maximum atomic E-state index is 11.1. The van der Waals surface area contributed by atoms with Gasteiger partial charge < -0.3 is 20.5 Å². The van der Waals surface area contributed by atoms with Crippen LogP contribution in [-0.2, 0) is 6.42 Å². The lowest BCUT2D eigenvalue weighted by atomic mass is 10.0. The molecule has 0 saturated heterocycles. The number of halogens is 1. The standard InChI is InChI=1S/C20H21ClN2O3/c1-12(22-11-19(24)13-3-2-4-16(21)8-13)7-15-10-23-18-9-14(20(25)26)5-6-17(15)18/h2-6,8-10,12,19,22-24H,7,11H2,1H3,(H,25,26)/t12-,19-/m1/s1. The number of aromatic nitrogens is 1. The molecule has 5 nitrogen and oxygen atoms in total. The number of aliphatic hydroxyl groups excluding tert-OH is 1. The summed E-state index contributed by atoms with van der Waals surface area (Å²) in [5, 5.41) is 24.3. The summed E-state index contributed by atoms with van der Waals surface area (Å²) >= 11 is 5.96. The molecule has 0 bridgehead atoms. The number of H-pyrrole nitrogens is 1. The Morgan fingerprint density at radius 3 is 2.81 bits per heavy atom. The van der Waals surface area contributed by atoms with Gasteiger partial charge in [-0.15, -0.1) is 0 Å². The molecule has 0 fully saturated rings. The van der Waals surface area contributed by atoms with E-state index in [1.165, 1.54) is 0 Å². The van der Waals surface area contributed by atoms with Gasteiger partial charge in [-0.2, -0.15) is 0 Å². The largest absolute Gasteiger partial charge is 0.478 e. The lowest BCUT2D eigenvalue weighted by molar-refractivity contribution is 0.0697. The minimum absolute atomic E-state index is 0.141. The van der Waals surface area contributed by atoms with Crippen molar-refractivity contribution < 1.29 is 15.0 Å². The Labute approximate surface area is 156 Å². The van der Waals surface area contributed by atoms with E-state index in [9.17, 15) is 9.90 Å². The van der Waals surface area contributed by atoms with Crippen LogP contribution in [0, 0.1) is 0 Å². The highest BCUT2D eigenvalue weighted by atomic mass is 35.5. The average Bonchev–Trinajstić information content (AvgIpc) is 3.01. The zero-order valence-electron chi connectivity index (χ0n) is 14.4. The van der Waals surface area contributed by atoms with Crippen LogP contribution in [0.15, 0.2) is 48.7 Å². The third kappa shape index (κ3) is 4.25. The van der Waals surface area contributed by atoms with Gasteiger partial charge in [-0.3, -0.25) is 0 Å². The Morgan fingerprint density at radius 1 is 1.27 bits per heavy atom. The molecule has 1 heterocycles. The van der Waals surface area contributed by atoms with E-state index in [0.29, 0.717) is 11.6 Å². The van der Waals surface area contributed by atoms with Crippen molar-refractivity contribution in [3.05, 3.63) is 70.4 Å². The van der Waals surface area contributed by atoms with Crippen LogP contribution in [0.5, 0.6) is 0 Å². The van der Waals surface area contributed by atoms with Gasteiger partial charge in [-0.1, -0.05) is 29.8 Å². The molecule has 2 aromatic carbocycles. The highest BCUT2D eigenvalue weighted by Gasteiger charge is 2.13. The molecular formula is C20H21ClN2O3. The lowest BCUT2D eigenvalue weighted by Crippen LogP contribution is -2.32. The maximum Gasteiger partial charge on any atom is 0.335 e. The molecule has 0 amide bonds. The molecule has 0 aliphatic heterocycles. The van der Waals surface area contributed by atoms with Crippen molar-refractivity contribution in [2.75, 3.05) is 6.54 Å². The Bertz CT molecular complexity index is 922. The van der Waals surface area contributed by atoms with Crippen LogP contribution in [0.2, 0.25) is 5.02 Å². The van der Waals surface area contributed by atoms with Crippen LogP contribution >= 0.6 is 11.6 Å². The van der Waals surface area contributed by atoms with Crippen molar-refractivity contribution in [1.82, 2.24) is 10.3 Å². The molecule has 3 aromatic rings. The number of carboxylic acid groups (broad SMARTS) is 1. The number of aromatic carboxylic acids is 1. The van der Waals surface area contributed by atoms with Crippen LogP contribution in [0.4, 0.5) is 0 Å². The van der Waals surface area contributed by atoms with E-state index in [1.54, 1.807) is 24.3 Å². The summed E-state index contributed by atoms with van der Waals surface area (Å²) in [6.07, 6.45) is 2.04. The van der Waals surface area contributed by atoms with E-state index in [4.69, 9.17) is 16.7 Å². The van der Waals surface area contributed by atoms with Crippen molar-refractivity contribution in [2.24, 2.45) is 0 Å². The Balaban J connectivity index is 1.62. The Hall–Kier alpha value is -2.34. The Morgan fingerprint density at radius 2 is 2.08 bits per heavy atom. The second-order valence-electron chi connectivity index (χ2n) is 6.46. The monoisotopic (exact) mass is 372 g/mol. The highest BCUT2D eigenvalue weighted by Crippen LogP contribution is 2.22. The molecule has 0 radical (unpaired) electrons. The van der Waals surface area contributed by atoms with Crippen molar-refractivity contribution in [2.45, 2.75) is 25.5 Å². The zero-order chi connectivity index (χ0) is 18.7. The van der Waals surface area contributed by atoms with Crippen molar-refractivity contribution in [3.63, 3.8) is 0 Å². The van der Waals surface area contributed by atoms with Gasteiger partial charge in [-0.05, 0) is 48.7 Å². The second-order valence-corrected chi connectivity index (χ2v) is 6.90. The van der Waals surface area contributed by atoms with Gasteiger partial charge in [0, 0.05) is 34.7 Å². The molecule has 0 unspecified atom stereocenters. The molecule has 4 N–H and O–H groups in total. The first-order valence-electron chi connectivity index (χ1n) is 8.44. The number of aromatic amines is 1. The molecule has 6 heteroatoms. The number of fused-ring (bicyclic) bond motifs is 1. The van der Waals surface area contributed by atoms with Gasteiger partial charge in [0.15, 0.2) is 0 Å². The quantitative estimate of drug-likeness (QED) is 0.508. The first kappa shape index (κ1) is 18.5. The van der Waals surface area contributed by atoms with E-state index < -0.39 is 12.1 Å². The zero-order valence-corrected chi connectivity index (χ0v) is 15.1. The summed E-state index contributed by atoms with van der Waals surface area (Å²) in [7, 11) is 0. The molecule has 0 aliphatic carbocycles. The number of hydrogen-bond acceptors (Lipinski definition) is 3. The SMILES string of the molecule is C[C@H](Cc1c[nH]c2cc(C(=O)O)ccc12)NC[C@@H](O)c1cccc(Cl)c1. The van der Waals surface area contributed by atoms with Crippen LogP contribution in [0.1, 0.15) is 34.5 Å². The van der Waals surface area contributed by atoms with Gasteiger partial charge in [0.25, 0.3) is 0 Å². The van der Waals surface area contributed by atoms with Gasteiger partial charge in [0.2, 0.25) is 0 Å². The van der Waals surface area contributed by atoms with Gasteiger partial charge in [0.05, 0.1) is 11.7 Å². The summed E-state index contributed by atoms with van der Waals surface area (Å²) in [6.45, 7) is 2.47. The smallest absolute Gasteiger partial charge is 0.335 e. The van der Waals surface area contributed by atoms with Crippen LogP contribution in [-0.4, -0.2) is 33.8 Å². The van der Waals surface area contributed by atoms with E-state index in [2.05, 4.69) is 17.2 Å². The third-order valence-electron chi connectivity index (χ3n) is 4.43. The molecule has 0 saturated carbocycles. The molecule has 3 rings (SSSR count). The van der Waals surface area contributed by atoms with Crippen LogP contribution in [0.25, 0.3) is 10.9 Å². The molecule has 0 spiro atoms. The number of rotatable bonds is 7. The molecule has 1 aromatic heterocycles. The maximum absolute atomic E-state index is 11.1. The van der Waals surface area contributed by atoms with Crippen molar-refractivity contribution >= 4 is 28.5 Å². The highest BCUT2D eigenvalue weighted by molar-refractivity contribution is 6.30. The van der Waals surface area contributed by atoms with E-state index in [-0.39, 0.29) is 11.6 Å². The molecule has 136 valence electrons. The van der Waals surface area contributed by atoms with Gasteiger partial charge in [-0.25, -0.2) is 4.79 Å². The number of aliphatic hydroxyl groups is 1. The van der Waals surface area contributed by atoms with Crippen LogP contribution < -0.4 is 5.32 Å². The lowest BCUT2D eigenvalue weighted by Gasteiger charge is -2.17. The van der Waals surface area contributed by atoms with E-state index >= 15 is 0 Å². The topological polar surface area (TPSA) is 85.4 Å². The van der Waals surface area contributed by atoms with Gasteiger partial charge >= 0.3 is 5.97 Å². The number of hydrogen-bond donors (Lipinski definition) is 4.